The molecule has 29 heavy (non-hydrogen) atoms. The summed E-state index contributed by atoms with van der Waals surface area (Å²) < 4.78 is 34.8. The van der Waals surface area contributed by atoms with Gasteiger partial charge in [0.25, 0.3) is 10.0 Å². The minimum absolute atomic E-state index is 0.274. The maximum atomic E-state index is 13.6. The van der Waals surface area contributed by atoms with Gasteiger partial charge in [0, 0.05) is 16.3 Å². The number of hydrogen-bond acceptors (Lipinski definition) is 3. The van der Waals surface area contributed by atoms with Crippen LogP contribution in [0.5, 0.6) is 5.75 Å². The molecule has 0 spiro atoms. The van der Waals surface area contributed by atoms with Crippen LogP contribution in [0.3, 0.4) is 0 Å². The van der Waals surface area contributed by atoms with Crippen LogP contribution < -0.4 is 4.74 Å². The van der Waals surface area contributed by atoms with Crippen molar-refractivity contribution in [3.63, 3.8) is 0 Å². The summed E-state index contributed by atoms with van der Waals surface area (Å²) in [5.74, 6) is 0.764. The van der Waals surface area contributed by atoms with Crippen LogP contribution in [0.25, 0.3) is 27.9 Å². The standard InChI is InChI=1S/C24H21NO3S/c1-16-8-10-17(11-9-16)29(26,27)25-20-7-5-4-6-18(20)23-19-14-15-24(2,3)28-22(19)13-12-21(23)25/h4-15H,1-3H3. The highest BCUT2D eigenvalue weighted by molar-refractivity contribution is 7.90. The molecule has 0 aliphatic carbocycles. The molecule has 3 aromatic carbocycles. The predicted octanol–water partition coefficient (Wildman–Crippen LogP) is 5.52. The van der Waals surface area contributed by atoms with Gasteiger partial charge in [0.2, 0.25) is 0 Å². The van der Waals surface area contributed by atoms with Crippen molar-refractivity contribution in [1.29, 1.82) is 0 Å². The average Bonchev–Trinajstić information content (AvgIpc) is 3.03. The van der Waals surface area contributed by atoms with E-state index in [1.165, 1.54) is 3.97 Å². The zero-order valence-electron chi connectivity index (χ0n) is 16.5. The summed E-state index contributed by atoms with van der Waals surface area (Å²) in [5.41, 5.74) is 2.85. The maximum Gasteiger partial charge on any atom is 0.268 e. The molecule has 0 fully saturated rings. The molecule has 0 radical (unpaired) electrons. The highest BCUT2D eigenvalue weighted by atomic mass is 32.2. The molecule has 1 aliphatic rings. The third-order valence-corrected chi connectivity index (χ3v) is 7.12. The number of fused-ring (bicyclic) bond motifs is 5. The van der Waals surface area contributed by atoms with Gasteiger partial charge in [-0.3, -0.25) is 0 Å². The molecule has 146 valence electrons. The summed E-state index contributed by atoms with van der Waals surface area (Å²) in [4.78, 5) is 0.274. The van der Waals surface area contributed by atoms with Crippen LogP contribution in [-0.4, -0.2) is 18.0 Å². The zero-order chi connectivity index (χ0) is 20.4. The SMILES string of the molecule is Cc1ccc(S(=O)(=O)n2c3ccccc3c3c4c(ccc32)OC(C)(C)C=C4)cc1. The van der Waals surface area contributed by atoms with Gasteiger partial charge in [-0.05, 0) is 57.2 Å². The number of rotatable bonds is 2. The molecule has 0 N–H and O–H groups in total. The summed E-state index contributed by atoms with van der Waals surface area (Å²) in [6.07, 6.45) is 4.05. The summed E-state index contributed by atoms with van der Waals surface area (Å²) in [5, 5.41) is 1.78. The first-order valence-corrected chi connectivity index (χ1v) is 11.0. The van der Waals surface area contributed by atoms with Crippen molar-refractivity contribution in [2.24, 2.45) is 0 Å². The quantitative estimate of drug-likeness (QED) is 0.442. The Bertz CT molecular complexity index is 1410. The van der Waals surface area contributed by atoms with Gasteiger partial charge >= 0.3 is 0 Å². The topological polar surface area (TPSA) is 48.3 Å². The summed E-state index contributed by atoms with van der Waals surface area (Å²) in [7, 11) is -3.76. The van der Waals surface area contributed by atoms with E-state index in [4.69, 9.17) is 4.74 Å². The summed E-state index contributed by atoms with van der Waals surface area (Å²) in [6, 6.07) is 18.3. The van der Waals surface area contributed by atoms with Gasteiger partial charge in [0.1, 0.15) is 11.4 Å². The number of aryl methyl sites for hydroxylation is 1. The number of hydrogen-bond donors (Lipinski definition) is 0. The molecular formula is C24H21NO3S. The Morgan fingerprint density at radius 3 is 2.38 bits per heavy atom. The van der Waals surface area contributed by atoms with E-state index >= 15 is 0 Å². The third-order valence-electron chi connectivity index (χ3n) is 5.38. The second-order valence-corrected chi connectivity index (χ2v) is 9.80. The van der Waals surface area contributed by atoms with Crippen LogP contribution >= 0.6 is 0 Å². The fourth-order valence-electron chi connectivity index (χ4n) is 3.96. The number of aromatic nitrogens is 1. The molecule has 0 saturated heterocycles. The molecule has 4 aromatic rings. The van der Waals surface area contributed by atoms with Crippen molar-refractivity contribution < 1.29 is 13.2 Å². The Morgan fingerprint density at radius 2 is 1.62 bits per heavy atom. The van der Waals surface area contributed by atoms with Crippen LogP contribution in [0.2, 0.25) is 0 Å². The number of para-hydroxylation sites is 1. The van der Waals surface area contributed by atoms with Gasteiger partial charge < -0.3 is 4.74 Å². The highest BCUT2D eigenvalue weighted by Crippen LogP contribution is 2.41. The number of benzene rings is 3. The Kier molecular flexibility index (Phi) is 3.71. The van der Waals surface area contributed by atoms with E-state index in [0.717, 1.165) is 27.6 Å². The molecule has 0 atom stereocenters. The minimum Gasteiger partial charge on any atom is -0.483 e. The smallest absolute Gasteiger partial charge is 0.268 e. The van der Waals surface area contributed by atoms with Crippen molar-refractivity contribution in [2.45, 2.75) is 31.3 Å². The first kappa shape index (κ1) is 18.0. The summed E-state index contributed by atoms with van der Waals surface area (Å²) >= 11 is 0. The number of ether oxygens (including phenoxy) is 1. The molecule has 0 saturated carbocycles. The van der Waals surface area contributed by atoms with Gasteiger partial charge in [0.15, 0.2) is 0 Å². The van der Waals surface area contributed by atoms with E-state index in [2.05, 4.69) is 0 Å². The van der Waals surface area contributed by atoms with Crippen LogP contribution in [-0.2, 0) is 10.0 Å². The Morgan fingerprint density at radius 1 is 0.897 bits per heavy atom. The summed E-state index contributed by atoms with van der Waals surface area (Å²) in [6.45, 7) is 5.94. The van der Waals surface area contributed by atoms with E-state index in [1.807, 2.05) is 81.5 Å². The van der Waals surface area contributed by atoms with Crippen molar-refractivity contribution in [3.05, 3.63) is 77.9 Å². The van der Waals surface area contributed by atoms with Crippen molar-refractivity contribution in [3.8, 4) is 5.75 Å². The van der Waals surface area contributed by atoms with Crippen LogP contribution in [0.15, 0.2) is 71.6 Å². The van der Waals surface area contributed by atoms with Gasteiger partial charge in [-0.15, -0.1) is 0 Å². The van der Waals surface area contributed by atoms with E-state index in [1.54, 1.807) is 12.1 Å². The lowest BCUT2D eigenvalue weighted by Crippen LogP contribution is -2.27. The fourth-order valence-corrected chi connectivity index (χ4v) is 5.48. The highest BCUT2D eigenvalue weighted by Gasteiger charge is 2.28. The van der Waals surface area contributed by atoms with Gasteiger partial charge in [0.05, 0.1) is 15.9 Å². The van der Waals surface area contributed by atoms with Crippen LogP contribution in [0.1, 0.15) is 25.0 Å². The van der Waals surface area contributed by atoms with Crippen LogP contribution in [0.4, 0.5) is 0 Å². The lowest BCUT2D eigenvalue weighted by Gasteiger charge is -2.28. The third kappa shape index (κ3) is 2.69. The molecule has 5 heteroatoms. The molecule has 2 heterocycles. The molecule has 1 aromatic heterocycles. The van der Waals surface area contributed by atoms with Gasteiger partial charge in [-0.1, -0.05) is 42.0 Å². The van der Waals surface area contributed by atoms with Crippen molar-refractivity contribution in [1.82, 2.24) is 3.97 Å². The first-order valence-electron chi connectivity index (χ1n) is 9.55. The van der Waals surface area contributed by atoms with E-state index in [0.29, 0.717) is 11.0 Å². The Balaban J connectivity index is 1.89. The van der Waals surface area contributed by atoms with E-state index in [9.17, 15) is 8.42 Å². The van der Waals surface area contributed by atoms with Crippen molar-refractivity contribution >= 4 is 37.9 Å². The van der Waals surface area contributed by atoms with E-state index in [-0.39, 0.29) is 4.90 Å². The van der Waals surface area contributed by atoms with Crippen LogP contribution in [0, 0.1) is 6.92 Å². The van der Waals surface area contributed by atoms with Gasteiger partial charge in [-0.2, -0.15) is 0 Å². The van der Waals surface area contributed by atoms with E-state index < -0.39 is 15.6 Å². The normalized spacial score (nSPS) is 15.4. The lowest BCUT2D eigenvalue weighted by atomic mass is 9.98. The predicted molar refractivity (Wildman–Crippen MR) is 117 cm³/mol. The number of nitrogens with zero attached hydrogens (tertiary/aromatic N) is 1. The zero-order valence-corrected chi connectivity index (χ0v) is 17.3. The second-order valence-electron chi connectivity index (χ2n) is 8.01. The van der Waals surface area contributed by atoms with Crippen molar-refractivity contribution in [2.75, 3.05) is 0 Å². The molecule has 0 amide bonds. The Labute approximate surface area is 170 Å². The molecule has 5 rings (SSSR count). The fraction of sp³-hybridized carbons (Fsp3) is 0.167. The van der Waals surface area contributed by atoms with Gasteiger partial charge in [-0.25, -0.2) is 12.4 Å². The molecule has 0 bridgehead atoms. The minimum atomic E-state index is -3.76. The molecular weight excluding hydrogens is 382 g/mol. The molecule has 4 nitrogen and oxygen atoms in total. The monoisotopic (exact) mass is 403 g/mol. The molecule has 0 unspecified atom stereocenters. The first-order chi connectivity index (χ1) is 13.8. The lowest BCUT2D eigenvalue weighted by molar-refractivity contribution is 0.159. The largest absolute Gasteiger partial charge is 0.483 e. The molecule has 1 aliphatic heterocycles. The maximum absolute atomic E-state index is 13.6. The Hall–Kier alpha value is -3.05. The second kappa shape index (κ2) is 5.97. The average molecular weight is 404 g/mol.